The number of para-hydroxylation sites is 2. The number of aromatic amines is 1. The van der Waals surface area contributed by atoms with E-state index in [1.165, 1.54) is 25.1 Å². The molecule has 0 aliphatic carbocycles. The molecule has 2 heterocycles. The van der Waals surface area contributed by atoms with Crippen molar-refractivity contribution in [1.29, 1.82) is 0 Å². The number of H-pyrrole nitrogens is 1. The van der Waals surface area contributed by atoms with Crippen LogP contribution in [0.5, 0.6) is 0 Å². The van der Waals surface area contributed by atoms with Gasteiger partial charge in [-0.05, 0) is 97.0 Å². The van der Waals surface area contributed by atoms with Crippen LogP contribution < -0.4 is 74.9 Å². The first-order chi connectivity index (χ1) is 60.2. The van der Waals surface area contributed by atoms with Crippen LogP contribution in [0.4, 0.5) is 10.5 Å². The first-order valence-electron chi connectivity index (χ1n) is 42.0. The van der Waals surface area contributed by atoms with E-state index in [1.54, 1.807) is 64.2 Å². The highest BCUT2D eigenvalue weighted by Gasteiger charge is 2.42. The number of Topliss-reactive ketones (excluding diaryl/α,β-unsaturated/α-hetero) is 4. The molecule has 1 aromatic heterocycles. The molecule has 43 heteroatoms. The number of nitrogens with two attached hydrogens (primary N) is 1. The Hall–Kier alpha value is -12.8. The number of amides is 12. The van der Waals surface area contributed by atoms with Crippen LogP contribution >= 0.6 is 0 Å². The molecule has 4 rings (SSSR count). The molecule has 2 aromatic carbocycles. The molecule has 700 valence electrons. The maximum absolute atomic E-state index is 15.2. The molecule has 0 spiro atoms. The summed E-state index contributed by atoms with van der Waals surface area (Å²) in [6, 6.07) is -2.33. The van der Waals surface area contributed by atoms with E-state index in [4.69, 9.17) is 24.7 Å². The minimum Gasteiger partial charge on any atom is -0.481 e. The largest absolute Gasteiger partial charge is 0.481 e. The van der Waals surface area contributed by atoms with Crippen molar-refractivity contribution in [2.45, 2.75) is 231 Å². The molecule has 0 unspecified atom stereocenters. The smallest absolute Gasteiger partial charge is 0.407 e. The minimum absolute atomic E-state index is 0.00294. The van der Waals surface area contributed by atoms with Crippen LogP contribution in [0.2, 0.25) is 0 Å². The summed E-state index contributed by atoms with van der Waals surface area (Å²) in [6.07, 6.45) is -3.05. The third-order valence-electron chi connectivity index (χ3n) is 20.2. The highest BCUT2D eigenvalue weighted by molar-refractivity contribution is 6.05. The average molecular weight is 1790 g/mol. The second-order valence-electron chi connectivity index (χ2n) is 31.7. The first-order valence-corrected chi connectivity index (χ1v) is 42.0. The Morgan fingerprint density at radius 1 is 0.638 bits per heavy atom. The normalized spacial score (nSPS) is 20.4. The lowest BCUT2D eigenvalue weighted by Crippen LogP contribution is -2.57. The zero-order valence-electron chi connectivity index (χ0n) is 72.6. The average Bonchev–Trinajstić information content (AvgIpc) is 1.69. The van der Waals surface area contributed by atoms with Crippen molar-refractivity contribution in [3.8, 4) is 0 Å². The van der Waals surface area contributed by atoms with Gasteiger partial charge < -0.3 is 114 Å². The van der Waals surface area contributed by atoms with Crippen LogP contribution in [0.3, 0.4) is 0 Å². The van der Waals surface area contributed by atoms with Gasteiger partial charge in [0.1, 0.15) is 61.2 Å². The van der Waals surface area contributed by atoms with Crippen LogP contribution in [0.15, 0.2) is 54.7 Å². The van der Waals surface area contributed by atoms with Crippen LogP contribution in [0, 0.1) is 23.7 Å². The summed E-state index contributed by atoms with van der Waals surface area (Å²) in [5.74, 6) is -29.4. The number of primary amides is 1. The standard InChI is InChI=1S/C84H121N15O28/c1-9-11-12-13-14-15-16-27-69(108)94-60(32-51-39-89-56-24-19-17-22-53(51)56)80(120)96-59(38-68(85)107)66(105)33-50(35-73(113)114)76(116)99-74-49(5)126-82(122)61(37-64(103)54-23-18-20-25-57(54)87-10-2)97-78(118)55(47(3)31-72(111)112)36-67(106)62(42-100)95-71(110)40-90-79(119)63(44-125-46-102)98-75(115)48(4)92-77(117)52(43-124-45-101)34-65(104)58(93-70(109)41-91-81(74)121)26-21-28-86-29-30-88-83(123)127-84(6,7)8/h17-20,22-25,39,45-50,52,55,58-63,74,86-87,89,100H,9-16,21,26-38,40-44H2,1-8H3,(H2,85,107)(H,88,123)(H,90,119)(H,91,121)(H,92,117)(H,93,109)(H,94,108)(H,95,110)(H,96,120)(H,97,118)(H,98,115)(H,99,116)(H,111,112)(H,113,114)/t47-,48-,49-,50+,52+,55+,58+,59-,60+,61+,62-,63+,74+/m1/s1. The molecule has 127 heavy (non-hydrogen) atoms. The highest BCUT2D eigenvalue weighted by Crippen LogP contribution is 2.26. The van der Waals surface area contributed by atoms with Crippen LogP contribution in [-0.4, -0.2) is 264 Å². The van der Waals surface area contributed by atoms with E-state index < -0.39 is 274 Å². The maximum Gasteiger partial charge on any atom is 0.407 e. The number of carbonyl (C=O) groups is 21. The van der Waals surface area contributed by atoms with Gasteiger partial charge in [-0.3, -0.25) is 91.1 Å². The Labute approximate surface area is 733 Å². The monoisotopic (exact) mass is 1790 g/mol. The van der Waals surface area contributed by atoms with Crippen molar-refractivity contribution in [3.63, 3.8) is 0 Å². The maximum atomic E-state index is 15.2. The number of esters is 1. The molecule has 3 aromatic rings. The van der Waals surface area contributed by atoms with Crippen LogP contribution in [0.1, 0.15) is 180 Å². The van der Waals surface area contributed by atoms with E-state index >= 15 is 14.4 Å². The third kappa shape index (κ3) is 39.1. The summed E-state index contributed by atoms with van der Waals surface area (Å²) in [5, 5.41) is 63.4. The van der Waals surface area contributed by atoms with Gasteiger partial charge in [-0.25, -0.2) is 9.59 Å². The number of rotatable bonds is 44. The molecule has 1 saturated heterocycles. The predicted octanol–water partition coefficient (Wildman–Crippen LogP) is -0.948. The number of nitrogens with one attached hydrogen (secondary N) is 14. The number of aliphatic carboxylic acids is 2. The van der Waals surface area contributed by atoms with Gasteiger partial charge in [0.25, 0.3) is 12.9 Å². The molecule has 19 N–H and O–H groups in total. The number of aliphatic hydroxyl groups excluding tert-OH is 1. The lowest BCUT2D eigenvalue weighted by molar-refractivity contribution is -0.156. The molecule has 1 aliphatic heterocycles. The van der Waals surface area contributed by atoms with Crippen molar-refractivity contribution in [1.82, 2.24) is 68.8 Å². The molecular weight excluding hydrogens is 1670 g/mol. The van der Waals surface area contributed by atoms with Crippen molar-refractivity contribution < 1.29 is 135 Å². The van der Waals surface area contributed by atoms with Gasteiger partial charge in [-0.1, -0.05) is 82.7 Å². The Bertz CT molecular complexity index is 4320. The van der Waals surface area contributed by atoms with Crippen molar-refractivity contribution in [3.05, 3.63) is 65.9 Å². The van der Waals surface area contributed by atoms with Crippen molar-refractivity contribution in [2.75, 3.05) is 64.4 Å². The Kier molecular flexibility index (Phi) is 46.5. The van der Waals surface area contributed by atoms with E-state index in [0.717, 1.165) is 46.0 Å². The number of anilines is 1. The highest BCUT2D eigenvalue weighted by atomic mass is 16.6. The number of benzene rings is 2. The van der Waals surface area contributed by atoms with Crippen molar-refractivity contribution in [2.24, 2.45) is 29.4 Å². The van der Waals surface area contributed by atoms with Gasteiger partial charge in [-0.15, -0.1) is 0 Å². The molecule has 13 atom stereocenters. The number of carboxylic acids is 2. The molecular formula is C84H121N15O28. The van der Waals surface area contributed by atoms with Gasteiger partial charge in [-0.2, -0.15) is 0 Å². The number of carboxylic acid groups (broad SMARTS) is 2. The van der Waals surface area contributed by atoms with Crippen molar-refractivity contribution >= 4 is 142 Å². The van der Waals surface area contributed by atoms with E-state index in [-0.39, 0.29) is 76.1 Å². The third-order valence-corrected chi connectivity index (χ3v) is 20.2. The number of hydrogen-bond donors (Lipinski definition) is 18. The van der Waals surface area contributed by atoms with E-state index in [1.807, 2.05) is 0 Å². The second kappa shape index (κ2) is 55.5. The molecule has 0 bridgehead atoms. The first kappa shape index (κ1) is 107. The summed E-state index contributed by atoms with van der Waals surface area (Å²) in [5.41, 5.74) is 6.14. The Morgan fingerprint density at radius 3 is 1.91 bits per heavy atom. The fraction of sp³-hybridized carbons (Fsp3) is 0.583. The number of unbranched alkanes of at least 4 members (excludes halogenated alkanes) is 6. The van der Waals surface area contributed by atoms with Gasteiger partial charge in [0.15, 0.2) is 23.1 Å². The number of cyclic esters (lactones) is 1. The second-order valence-corrected chi connectivity index (χ2v) is 31.7. The number of aliphatic hydroxyl groups is 1. The SMILES string of the molecule is CCCCCCCCCC(=O)N[C@@H](Cc1c[nH]c2ccccc12)C(=O)N[C@H](CC(N)=O)C(=O)C[C@@H](CC(=O)O)C(=O)N[C@@H]1C(=O)NCC(=O)N[C@@H](CCCNCCNC(=O)OC(C)(C)C)C(=O)C[C@@H](COC=O)C(=O)N[C@H](C)C(=O)N[C@@H](COC=O)C(=O)NCC(=O)N[C@H](CO)C(=O)C[C@@H]([C@H](C)CC(=O)O)C(=O)N[C@@H](CC(=O)c2ccccc2NCC)C(=O)O[C@@H]1C. The molecule has 12 amide bonds. The zero-order valence-corrected chi connectivity index (χ0v) is 72.6. The molecule has 0 saturated carbocycles. The van der Waals surface area contributed by atoms with E-state index in [9.17, 15) is 102 Å². The topological polar surface area (TPSA) is 654 Å². The fourth-order valence-corrected chi connectivity index (χ4v) is 13.5. The molecule has 1 aliphatic rings. The van der Waals surface area contributed by atoms with Gasteiger partial charge in [0.2, 0.25) is 65.0 Å². The Balaban J connectivity index is 1.93. The van der Waals surface area contributed by atoms with Gasteiger partial charge in [0, 0.05) is 98.8 Å². The van der Waals surface area contributed by atoms with Gasteiger partial charge >= 0.3 is 24.0 Å². The quantitative estimate of drug-likeness (QED) is 0.0107. The zero-order chi connectivity index (χ0) is 94.5. The number of aromatic nitrogens is 1. The number of fused-ring (bicyclic) bond motifs is 1. The minimum atomic E-state index is -2.39. The number of carbonyl (C=O) groups excluding carboxylic acids is 19. The van der Waals surface area contributed by atoms with E-state index in [2.05, 4.69) is 81.0 Å². The fourth-order valence-electron chi connectivity index (χ4n) is 13.5. The lowest BCUT2D eigenvalue weighted by atomic mass is 9.84. The Morgan fingerprint density at radius 2 is 1.26 bits per heavy atom. The van der Waals surface area contributed by atoms with E-state index in [0.29, 0.717) is 29.3 Å². The summed E-state index contributed by atoms with van der Waals surface area (Å²) in [4.78, 5) is 293. The number of hydrogen-bond acceptors (Lipinski definition) is 28. The number of ketones is 4. The number of alkyl carbamates (subject to hydrolysis) is 1. The summed E-state index contributed by atoms with van der Waals surface area (Å²) in [6.45, 7) is 6.99. The molecule has 0 radical (unpaired) electrons. The molecule has 43 nitrogen and oxygen atoms in total. The lowest BCUT2D eigenvalue weighted by Gasteiger charge is -2.29. The van der Waals surface area contributed by atoms with Gasteiger partial charge in [0.05, 0.1) is 56.5 Å². The number of ether oxygens (including phenoxy) is 4. The summed E-state index contributed by atoms with van der Waals surface area (Å²) >= 11 is 0. The van der Waals surface area contributed by atoms with Crippen LogP contribution in [-0.2, 0) is 116 Å². The van der Waals surface area contributed by atoms with Crippen LogP contribution in [0.25, 0.3) is 10.9 Å². The molecule has 1 fully saturated rings. The summed E-state index contributed by atoms with van der Waals surface area (Å²) < 4.78 is 20.7. The summed E-state index contributed by atoms with van der Waals surface area (Å²) in [7, 11) is 0. The predicted molar refractivity (Wildman–Crippen MR) is 451 cm³/mol.